The van der Waals surface area contributed by atoms with Gasteiger partial charge in [0, 0.05) is 34.6 Å². The van der Waals surface area contributed by atoms with Crippen LogP contribution in [0.15, 0.2) is 52.4 Å². The third-order valence-corrected chi connectivity index (χ3v) is 7.72. The summed E-state index contributed by atoms with van der Waals surface area (Å²) in [5.74, 6) is 1.47. The van der Waals surface area contributed by atoms with Crippen LogP contribution in [0.25, 0.3) is 0 Å². The summed E-state index contributed by atoms with van der Waals surface area (Å²) in [5.41, 5.74) is 3.60. The van der Waals surface area contributed by atoms with Gasteiger partial charge in [-0.3, -0.25) is 4.79 Å². The van der Waals surface area contributed by atoms with Crippen LogP contribution >= 0.6 is 11.8 Å². The van der Waals surface area contributed by atoms with Gasteiger partial charge in [-0.15, -0.1) is 11.8 Å². The summed E-state index contributed by atoms with van der Waals surface area (Å²) in [4.78, 5) is 24.4. The SMILES string of the molecule is CCCCN1C(=O)CSc2ccc(Nc3nc(Nc4ccc(C)c(S(N)(=O)=O)c4)ncc3C)cc21. The van der Waals surface area contributed by atoms with Crippen LogP contribution in [-0.4, -0.2) is 36.6 Å². The molecule has 184 valence electrons. The molecule has 0 atom stereocenters. The van der Waals surface area contributed by atoms with Gasteiger partial charge in [-0.1, -0.05) is 19.4 Å². The van der Waals surface area contributed by atoms with Gasteiger partial charge in [0.2, 0.25) is 21.9 Å². The Labute approximate surface area is 209 Å². The van der Waals surface area contributed by atoms with Crippen molar-refractivity contribution in [2.24, 2.45) is 5.14 Å². The first-order chi connectivity index (χ1) is 16.7. The molecule has 11 heteroatoms. The van der Waals surface area contributed by atoms with Gasteiger partial charge in [-0.25, -0.2) is 18.5 Å². The van der Waals surface area contributed by atoms with Crippen LogP contribution in [0.1, 0.15) is 30.9 Å². The topological polar surface area (TPSA) is 130 Å². The monoisotopic (exact) mass is 512 g/mol. The van der Waals surface area contributed by atoms with Crippen molar-refractivity contribution in [2.75, 3.05) is 27.8 Å². The lowest BCUT2D eigenvalue weighted by Gasteiger charge is -2.29. The van der Waals surface area contributed by atoms with Gasteiger partial charge in [0.25, 0.3) is 0 Å². The maximum Gasteiger partial charge on any atom is 0.238 e. The van der Waals surface area contributed by atoms with Crippen LogP contribution in [0.3, 0.4) is 0 Å². The quantitative estimate of drug-likeness (QED) is 0.403. The van der Waals surface area contributed by atoms with Crippen molar-refractivity contribution in [2.45, 2.75) is 43.4 Å². The van der Waals surface area contributed by atoms with Gasteiger partial charge in [0.15, 0.2) is 0 Å². The normalized spacial score (nSPS) is 13.5. The second-order valence-electron chi connectivity index (χ2n) is 8.37. The van der Waals surface area contributed by atoms with E-state index in [4.69, 9.17) is 5.14 Å². The molecule has 4 rings (SSSR count). The van der Waals surface area contributed by atoms with E-state index in [1.165, 1.54) is 6.07 Å². The highest BCUT2D eigenvalue weighted by atomic mass is 32.2. The van der Waals surface area contributed by atoms with E-state index in [0.717, 1.165) is 34.7 Å². The highest BCUT2D eigenvalue weighted by molar-refractivity contribution is 8.00. The average Bonchev–Trinajstić information content (AvgIpc) is 2.81. The van der Waals surface area contributed by atoms with Crippen LogP contribution in [0.5, 0.6) is 0 Å². The molecule has 1 aromatic heterocycles. The Morgan fingerprint density at radius 2 is 1.83 bits per heavy atom. The fourth-order valence-electron chi connectivity index (χ4n) is 3.72. The summed E-state index contributed by atoms with van der Waals surface area (Å²) >= 11 is 1.55. The number of nitrogens with two attached hydrogens (primary N) is 1. The number of unbranched alkanes of at least 4 members (excludes halogenated alkanes) is 1. The van der Waals surface area contributed by atoms with Crippen LogP contribution in [0, 0.1) is 13.8 Å². The lowest BCUT2D eigenvalue weighted by molar-refractivity contribution is -0.116. The number of primary sulfonamides is 1. The van der Waals surface area contributed by atoms with Crippen molar-refractivity contribution in [3.63, 3.8) is 0 Å². The van der Waals surface area contributed by atoms with Gasteiger partial charge in [-0.05, 0) is 56.2 Å². The van der Waals surface area contributed by atoms with Crippen molar-refractivity contribution in [3.8, 4) is 0 Å². The molecular weight excluding hydrogens is 484 g/mol. The highest BCUT2D eigenvalue weighted by Gasteiger charge is 2.24. The fourth-order valence-corrected chi connectivity index (χ4v) is 5.44. The van der Waals surface area contributed by atoms with Gasteiger partial charge >= 0.3 is 0 Å². The standard InChI is InChI=1S/C24H28N6O3S2/c1-4-5-10-30-19-11-17(8-9-20(19)34-14-22(30)31)27-23-16(3)13-26-24(29-23)28-18-7-6-15(2)21(12-18)35(25,32)33/h6-9,11-13H,4-5,10,14H2,1-3H3,(H2,25,32,33)(H2,26,27,28,29). The average molecular weight is 513 g/mol. The highest BCUT2D eigenvalue weighted by Crippen LogP contribution is 2.38. The third kappa shape index (κ3) is 5.75. The number of carbonyl (C=O) groups is 1. The number of carbonyl (C=O) groups excluding carboxylic acids is 1. The lowest BCUT2D eigenvalue weighted by Crippen LogP contribution is -2.36. The Bertz CT molecular complexity index is 1380. The molecule has 0 radical (unpaired) electrons. The van der Waals surface area contributed by atoms with E-state index < -0.39 is 10.0 Å². The van der Waals surface area contributed by atoms with E-state index in [-0.39, 0.29) is 10.8 Å². The van der Waals surface area contributed by atoms with Gasteiger partial charge in [0.05, 0.1) is 16.3 Å². The predicted molar refractivity (Wildman–Crippen MR) is 140 cm³/mol. The molecule has 0 saturated carbocycles. The van der Waals surface area contributed by atoms with Crippen LogP contribution in [0.4, 0.5) is 28.8 Å². The summed E-state index contributed by atoms with van der Waals surface area (Å²) in [5, 5.41) is 11.7. The van der Waals surface area contributed by atoms with Crippen LogP contribution in [-0.2, 0) is 14.8 Å². The molecule has 0 saturated heterocycles. The minimum Gasteiger partial charge on any atom is -0.340 e. The van der Waals surface area contributed by atoms with Crippen molar-refractivity contribution >= 4 is 56.5 Å². The molecule has 3 aromatic rings. The first-order valence-corrected chi connectivity index (χ1v) is 13.8. The molecule has 2 heterocycles. The number of hydrogen-bond acceptors (Lipinski definition) is 8. The summed E-state index contributed by atoms with van der Waals surface area (Å²) in [6, 6.07) is 10.8. The Kier molecular flexibility index (Phi) is 7.29. The summed E-state index contributed by atoms with van der Waals surface area (Å²) < 4.78 is 23.7. The van der Waals surface area contributed by atoms with Crippen molar-refractivity contribution in [1.82, 2.24) is 9.97 Å². The molecule has 1 aliphatic heterocycles. The molecule has 0 fully saturated rings. The molecule has 9 nitrogen and oxygen atoms in total. The van der Waals surface area contributed by atoms with E-state index in [9.17, 15) is 13.2 Å². The zero-order valence-corrected chi connectivity index (χ0v) is 21.5. The van der Waals surface area contributed by atoms with E-state index in [0.29, 0.717) is 35.3 Å². The minimum atomic E-state index is -3.85. The maximum absolute atomic E-state index is 12.5. The number of rotatable bonds is 8. The number of anilines is 5. The number of amides is 1. The Hall–Kier alpha value is -3.15. The number of aryl methyl sites for hydroxylation is 2. The fraction of sp³-hybridized carbons (Fsp3) is 0.292. The van der Waals surface area contributed by atoms with E-state index in [2.05, 4.69) is 27.5 Å². The van der Waals surface area contributed by atoms with Gasteiger partial charge in [-0.2, -0.15) is 4.98 Å². The van der Waals surface area contributed by atoms with Crippen molar-refractivity contribution in [1.29, 1.82) is 0 Å². The maximum atomic E-state index is 12.5. The van der Waals surface area contributed by atoms with Gasteiger partial charge in [0.1, 0.15) is 5.82 Å². The van der Waals surface area contributed by atoms with Gasteiger partial charge < -0.3 is 15.5 Å². The molecule has 4 N–H and O–H groups in total. The summed E-state index contributed by atoms with van der Waals surface area (Å²) in [6.45, 7) is 6.38. The molecule has 0 spiro atoms. The van der Waals surface area contributed by atoms with Crippen LogP contribution < -0.4 is 20.7 Å². The Morgan fingerprint density at radius 1 is 1.09 bits per heavy atom. The summed E-state index contributed by atoms with van der Waals surface area (Å²) in [7, 11) is -3.85. The van der Waals surface area contributed by atoms with E-state index >= 15 is 0 Å². The van der Waals surface area contributed by atoms with Crippen molar-refractivity contribution < 1.29 is 13.2 Å². The Balaban J connectivity index is 1.59. The number of aromatic nitrogens is 2. The number of nitrogens with zero attached hydrogens (tertiary/aromatic N) is 3. The molecule has 0 unspecified atom stereocenters. The molecule has 1 aliphatic rings. The second-order valence-corrected chi connectivity index (χ2v) is 10.9. The molecule has 1 amide bonds. The third-order valence-electron chi connectivity index (χ3n) is 5.62. The molecular formula is C24H28N6O3S2. The minimum absolute atomic E-state index is 0.0436. The predicted octanol–water partition coefficient (Wildman–Crippen LogP) is 4.47. The van der Waals surface area contributed by atoms with Crippen molar-refractivity contribution in [3.05, 3.63) is 53.7 Å². The zero-order chi connectivity index (χ0) is 25.2. The number of fused-ring (bicyclic) bond motifs is 1. The molecule has 0 bridgehead atoms. The second kappa shape index (κ2) is 10.2. The molecule has 35 heavy (non-hydrogen) atoms. The Morgan fingerprint density at radius 3 is 2.57 bits per heavy atom. The first kappa shape index (κ1) is 25.0. The molecule has 0 aliphatic carbocycles. The number of sulfonamides is 1. The number of thioether (sulfide) groups is 1. The van der Waals surface area contributed by atoms with E-state index in [1.54, 1.807) is 37.0 Å². The number of nitrogens with one attached hydrogen (secondary N) is 2. The first-order valence-electron chi connectivity index (χ1n) is 11.2. The number of hydrogen-bond donors (Lipinski definition) is 3. The largest absolute Gasteiger partial charge is 0.340 e. The smallest absolute Gasteiger partial charge is 0.238 e. The zero-order valence-electron chi connectivity index (χ0n) is 19.8. The molecule has 2 aromatic carbocycles. The summed E-state index contributed by atoms with van der Waals surface area (Å²) in [6.07, 6.45) is 3.64. The number of benzene rings is 2. The van der Waals surface area contributed by atoms with Crippen LogP contribution in [0.2, 0.25) is 0 Å². The van der Waals surface area contributed by atoms with E-state index in [1.807, 2.05) is 30.0 Å². The lowest BCUT2D eigenvalue weighted by atomic mass is 10.2.